The fourth-order valence-corrected chi connectivity index (χ4v) is 2.40. The molecule has 0 unspecified atom stereocenters. The second-order valence-electron chi connectivity index (χ2n) is 5.03. The predicted molar refractivity (Wildman–Crippen MR) is 92.2 cm³/mol. The second kappa shape index (κ2) is 8.57. The summed E-state index contributed by atoms with van der Waals surface area (Å²) in [4.78, 5) is 14.1. The van der Waals surface area contributed by atoms with Crippen molar-refractivity contribution in [2.75, 3.05) is 18.0 Å². The van der Waals surface area contributed by atoms with Crippen LogP contribution in [0, 0.1) is 0 Å². The zero-order valence-electron chi connectivity index (χ0n) is 12.8. The van der Waals surface area contributed by atoms with Crippen LogP contribution in [0.15, 0.2) is 54.6 Å². The van der Waals surface area contributed by atoms with Crippen molar-refractivity contribution in [2.24, 2.45) is 0 Å². The number of nitrogens with one attached hydrogen (secondary N) is 1. The van der Waals surface area contributed by atoms with E-state index in [1.807, 2.05) is 66.4 Å². The van der Waals surface area contributed by atoms with Gasteiger partial charge in [-0.15, -0.1) is 0 Å². The Morgan fingerprint density at radius 3 is 2.41 bits per heavy atom. The lowest BCUT2D eigenvalue weighted by Crippen LogP contribution is -2.32. The lowest BCUT2D eigenvalue weighted by Gasteiger charge is -2.21. The monoisotopic (exact) mass is 316 g/mol. The lowest BCUT2D eigenvalue weighted by molar-refractivity contribution is -0.118. The van der Waals surface area contributed by atoms with E-state index in [-0.39, 0.29) is 5.91 Å². The molecule has 1 N–H and O–H groups in total. The highest BCUT2D eigenvalue weighted by atomic mass is 35.5. The van der Waals surface area contributed by atoms with Crippen LogP contribution in [0.5, 0.6) is 0 Å². The molecule has 0 aliphatic heterocycles. The van der Waals surface area contributed by atoms with Crippen LogP contribution in [0.2, 0.25) is 5.02 Å². The minimum absolute atomic E-state index is 0.136. The first-order valence-electron chi connectivity index (χ1n) is 7.51. The van der Waals surface area contributed by atoms with Crippen LogP contribution in [0.25, 0.3) is 0 Å². The number of rotatable bonds is 7. The van der Waals surface area contributed by atoms with Gasteiger partial charge in [-0.3, -0.25) is 4.79 Å². The number of para-hydroxylation sites is 1. The summed E-state index contributed by atoms with van der Waals surface area (Å²) in [5, 5.41) is 4.03. The number of benzene rings is 2. The molecule has 2 rings (SSSR count). The van der Waals surface area contributed by atoms with Crippen molar-refractivity contribution in [3.05, 3.63) is 65.2 Å². The van der Waals surface area contributed by atoms with Gasteiger partial charge in [0, 0.05) is 36.8 Å². The average molecular weight is 317 g/mol. The minimum Gasteiger partial charge on any atom is -0.313 e. The first kappa shape index (κ1) is 16.5. The first-order valence-corrected chi connectivity index (χ1v) is 7.89. The summed E-state index contributed by atoms with van der Waals surface area (Å²) in [6.07, 6.45) is 0.482. The molecule has 4 heteroatoms. The number of halogens is 1. The topological polar surface area (TPSA) is 32.3 Å². The van der Waals surface area contributed by atoms with Gasteiger partial charge in [-0.25, -0.2) is 0 Å². The molecule has 0 radical (unpaired) electrons. The van der Waals surface area contributed by atoms with Crippen LogP contribution in [0.3, 0.4) is 0 Å². The normalized spacial score (nSPS) is 10.5. The van der Waals surface area contributed by atoms with E-state index < -0.39 is 0 Å². The first-order chi connectivity index (χ1) is 10.7. The van der Waals surface area contributed by atoms with E-state index in [1.165, 1.54) is 0 Å². The molecule has 3 nitrogen and oxygen atoms in total. The molecule has 0 saturated carbocycles. The number of nitrogens with zero attached hydrogens (tertiary/aromatic N) is 1. The third-order valence-electron chi connectivity index (χ3n) is 3.44. The lowest BCUT2D eigenvalue weighted by atomic mass is 10.2. The van der Waals surface area contributed by atoms with Crippen molar-refractivity contribution in [3.63, 3.8) is 0 Å². The van der Waals surface area contributed by atoms with E-state index in [1.54, 1.807) is 0 Å². The molecule has 0 aromatic heterocycles. The van der Waals surface area contributed by atoms with E-state index in [2.05, 4.69) is 5.32 Å². The Balaban J connectivity index is 1.78. The molecular weight excluding hydrogens is 296 g/mol. The molecule has 0 aliphatic rings. The highest BCUT2D eigenvalue weighted by Gasteiger charge is 2.12. The zero-order valence-corrected chi connectivity index (χ0v) is 13.5. The van der Waals surface area contributed by atoms with Gasteiger partial charge in [0.15, 0.2) is 0 Å². The second-order valence-corrected chi connectivity index (χ2v) is 5.46. The maximum absolute atomic E-state index is 12.3. The number of carbonyl (C=O) groups excluding carboxylic acids is 1. The summed E-state index contributed by atoms with van der Waals surface area (Å²) >= 11 is 5.85. The molecule has 0 saturated heterocycles. The SMILES string of the molecule is CCN(C(=O)CCNCc1ccc(Cl)cc1)c1ccccc1. The van der Waals surface area contributed by atoms with Gasteiger partial charge in [-0.2, -0.15) is 0 Å². The average Bonchev–Trinajstić information content (AvgIpc) is 2.55. The summed E-state index contributed by atoms with van der Waals surface area (Å²) in [5.41, 5.74) is 2.11. The van der Waals surface area contributed by atoms with Crippen molar-refractivity contribution < 1.29 is 4.79 Å². The van der Waals surface area contributed by atoms with Crippen LogP contribution in [0.4, 0.5) is 5.69 Å². The maximum Gasteiger partial charge on any atom is 0.228 e. The zero-order chi connectivity index (χ0) is 15.8. The number of hydrogen-bond donors (Lipinski definition) is 1. The van der Waals surface area contributed by atoms with E-state index in [9.17, 15) is 4.79 Å². The molecule has 0 bridgehead atoms. The van der Waals surface area contributed by atoms with Crippen molar-refractivity contribution in [1.82, 2.24) is 5.32 Å². The number of hydrogen-bond acceptors (Lipinski definition) is 2. The standard InChI is InChI=1S/C18H21ClN2O/c1-2-21(17-6-4-3-5-7-17)18(22)12-13-20-14-15-8-10-16(19)11-9-15/h3-11,20H,2,12-14H2,1H3. The van der Waals surface area contributed by atoms with Crippen LogP contribution in [-0.2, 0) is 11.3 Å². The molecule has 2 aromatic rings. The Hall–Kier alpha value is -1.84. The predicted octanol–water partition coefficient (Wildman–Crippen LogP) is 3.87. The van der Waals surface area contributed by atoms with E-state index in [0.29, 0.717) is 19.5 Å². The van der Waals surface area contributed by atoms with Crippen molar-refractivity contribution in [2.45, 2.75) is 19.9 Å². The molecule has 2 aromatic carbocycles. The molecule has 1 amide bonds. The van der Waals surface area contributed by atoms with Gasteiger partial charge in [0.2, 0.25) is 5.91 Å². The fourth-order valence-electron chi connectivity index (χ4n) is 2.28. The summed E-state index contributed by atoms with van der Waals surface area (Å²) in [6, 6.07) is 17.5. The van der Waals surface area contributed by atoms with Crippen molar-refractivity contribution in [1.29, 1.82) is 0 Å². The highest BCUT2D eigenvalue weighted by molar-refractivity contribution is 6.30. The van der Waals surface area contributed by atoms with Gasteiger partial charge in [0.25, 0.3) is 0 Å². The fraction of sp³-hybridized carbons (Fsp3) is 0.278. The molecule has 0 fully saturated rings. The van der Waals surface area contributed by atoms with E-state index >= 15 is 0 Å². The third kappa shape index (κ3) is 4.86. The van der Waals surface area contributed by atoms with Crippen molar-refractivity contribution in [3.8, 4) is 0 Å². The highest BCUT2D eigenvalue weighted by Crippen LogP contribution is 2.14. The number of carbonyl (C=O) groups is 1. The Kier molecular flexibility index (Phi) is 6.44. The summed E-state index contributed by atoms with van der Waals surface area (Å²) < 4.78 is 0. The van der Waals surface area contributed by atoms with Crippen LogP contribution >= 0.6 is 11.6 Å². The Labute approximate surface area is 136 Å². The van der Waals surface area contributed by atoms with Crippen LogP contribution in [-0.4, -0.2) is 19.0 Å². The van der Waals surface area contributed by atoms with Gasteiger partial charge in [0.1, 0.15) is 0 Å². The van der Waals surface area contributed by atoms with E-state index in [0.717, 1.165) is 22.8 Å². The summed E-state index contributed by atoms with van der Waals surface area (Å²) in [6.45, 7) is 4.07. The van der Waals surface area contributed by atoms with Crippen LogP contribution in [0.1, 0.15) is 18.9 Å². The molecule has 116 valence electrons. The molecular formula is C18H21ClN2O. The minimum atomic E-state index is 0.136. The Morgan fingerprint density at radius 2 is 1.77 bits per heavy atom. The maximum atomic E-state index is 12.3. The van der Waals surface area contributed by atoms with E-state index in [4.69, 9.17) is 11.6 Å². The Bertz CT molecular complexity index is 584. The van der Waals surface area contributed by atoms with Crippen molar-refractivity contribution >= 4 is 23.2 Å². The Morgan fingerprint density at radius 1 is 1.09 bits per heavy atom. The molecule has 0 spiro atoms. The number of amides is 1. The largest absolute Gasteiger partial charge is 0.313 e. The molecule has 0 atom stereocenters. The molecule has 0 heterocycles. The smallest absolute Gasteiger partial charge is 0.228 e. The molecule has 22 heavy (non-hydrogen) atoms. The number of anilines is 1. The summed E-state index contributed by atoms with van der Waals surface area (Å²) in [5.74, 6) is 0.136. The van der Waals surface area contributed by atoms with Gasteiger partial charge < -0.3 is 10.2 Å². The van der Waals surface area contributed by atoms with Crippen LogP contribution < -0.4 is 10.2 Å². The van der Waals surface area contributed by atoms with Gasteiger partial charge in [0.05, 0.1) is 0 Å². The quantitative estimate of drug-likeness (QED) is 0.786. The summed E-state index contributed by atoms with van der Waals surface area (Å²) in [7, 11) is 0. The van der Waals surface area contributed by atoms with Gasteiger partial charge in [-0.1, -0.05) is 41.9 Å². The third-order valence-corrected chi connectivity index (χ3v) is 3.70. The van der Waals surface area contributed by atoms with Gasteiger partial charge >= 0.3 is 0 Å². The van der Waals surface area contributed by atoms with Gasteiger partial charge in [-0.05, 0) is 36.8 Å². The molecule has 0 aliphatic carbocycles.